The molecule has 1 aromatic heterocycles. The van der Waals surface area contributed by atoms with Crippen LogP contribution in [0, 0.1) is 6.92 Å². The summed E-state index contributed by atoms with van der Waals surface area (Å²) in [6, 6.07) is 16.3. The highest BCUT2D eigenvalue weighted by atomic mass is 32.1. The maximum Gasteiger partial charge on any atom is 0.248 e. The third-order valence-electron chi connectivity index (χ3n) is 6.42. The monoisotopic (exact) mass is 492 g/mol. The number of nitrogens with one attached hydrogen (secondary N) is 1. The summed E-state index contributed by atoms with van der Waals surface area (Å²) in [6.45, 7) is 2.01. The number of benzene rings is 2. The number of anilines is 1. The van der Waals surface area contributed by atoms with E-state index in [9.17, 15) is 9.59 Å². The molecule has 4 rings (SSSR count). The van der Waals surface area contributed by atoms with Gasteiger partial charge in [0, 0.05) is 22.7 Å². The van der Waals surface area contributed by atoms with E-state index in [0.29, 0.717) is 17.2 Å². The minimum absolute atomic E-state index is 0.134. The van der Waals surface area contributed by atoms with Crippen LogP contribution in [-0.2, 0) is 16.0 Å². The van der Waals surface area contributed by atoms with Crippen molar-refractivity contribution in [2.75, 3.05) is 19.1 Å². The Balaban J connectivity index is 1.80. The van der Waals surface area contributed by atoms with Crippen LogP contribution in [0.4, 0.5) is 5.69 Å². The van der Waals surface area contributed by atoms with Crippen LogP contribution in [0.15, 0.2) is 60.0 Å². The third-order valence-corrected chi connectivity index (χ3v) is 7.30. The molecule has 3 aromatic rings. The van der Waals surface area contributed by atoms with Crippen molar-refractivity contribution in [1.82, 2.24) is 5.32 Å². The van der Waals surface area contributed by atoms with E-state index in [4.69, 9.17) is 9.47 Å². The molecule has 35 heavy (non-hydrogen) atoms. The summed E-state index contributed by atoms with van der Waals surface area (Å²) in [7, 11) is 3.13. The van der Waals surface area contributed by atoms with Gasteiger partial charge in [-0.25, -0.2) is 0 Å². The van der Waals surface area contributed by atoms with Crippen LogP contribution >= 0.6 is 11.3 Å². The first-order valence-corrected chi connectivity index (χ1v) is 12.8. The van der Waals surface area contributed by atoms with Crippen LogP contribution in [0.5, 0.6) is 11.5 Å². The van der Waals surface area contributed by atoms with Crippen molar-refractivity contribution < 1.29 is 19.1 Å². The summed E-state index contributed by atoms with van der Waals surface area (Å²) in [6.07, 6.45) is 4.34. The number of nitrogens with zero attached hydrogens (tertiary/aromatic N) is 1. The van der Waals surface area contributed by atoms with Gasteiger partial charge in [0.2, 0.25) is 11.8 Å². The summed E-state index contributed by atoms with van der Waals surface area (Å²) in [5, 5.41) is 5.17. The molecule has 1 fully saturated rings. The number of hydrogen-bond donors (Lipinski definition) is 1. The minimum atomic E-state index is -0.818. The van der Waals surface area contributed by atoms with Crippen molar-refractivity contribution in [3.63, 3.8) is 0 Å². The molecule has 7 heteroatoms. The highest BCUT2D eigenvalue weighted by Gasteiger charge is 2.34. The van der Waals surface area contributed by atoms with Crippen LogP contribution in [0.2, 0.25) is 0 Å². The molecule has 1 heterocycles. The molecule has 0 unspecified atom stereocenters. The van der Waals surface area contributed by atoms with Gasteiger partial charge in [-0.1, -0.05) is 48.7 Å². The van der Waals surface area contributed by atoms with E-state index in [1.807, 2.05) is 48.7 Å². The van der Waals surface area contributed by atoms with E-state index < -0.39 is 6.04 Å². The van der Waals surface area contributed by atoms with Crippen LogP contribution in [-0.4, -0.2) is 32.1 Å². The molecule has 0 bridgehead atoms. The zero-order chi connectivity index (χ0) is 24.8. The number of carbonyl (C=O) groups is 2. The van der Waals surface area contributed by atoms with Gasteiger partial charge in [0.05, 0.1) is 20.6 Å². The molecule has 1 N–H and O–H groups in total. The van der Waals surface area contributed by atoms with Crippen LogP contribution in [0.3, 0.4) is 0 Å². The first-order chi connectivity index (χ1) is 17.0. The normalized spacial score (nSPS) is 14.4. The second-order valence-electron chi connectivity index (χ2n) is 8.86. The second kappa shape index (κ2) is 11.4. The lowest BCUT2D eigenvalue weighted by atomic mass is 10.0. The predicted octanol–water partition coefficient (Wildman–Crippen LogP) is 5.45. The van der Waals surface area contributed by atoms with Crippen molar-refractivity contribution in [2.24, 2.45) is 0 Å². The molecule has 0 aliphatic heterocycles. The van der Waals surface area contributed by atoms with Gasteiger partial charge in [0.15, 0.2) is 11.5 Å². The van der Waals surface area contributed by atoms with Crippen molar-refractivity contribution in [1.29, 1.82) is 0 Å². The Morgan fingerprint density at radius 2 is 1.74 bits per heavy atom. The molecule has 1 atom stereocenters. The molecule has 1 saturated carbocycles. The zero-order valence-corrected chi connectivity index (χ0v) is 21.3. The summed E-state index contributed by atoms with van der Waals surface area (Å²) in [5.41, 5.74) is 2.43. The number of hydrogen-bond acceptors (Lipinski definition) is 5. The molecule has 2 amide bonds. The largest absolute Gasteiger partial charge is 0.493 e. The Morgan fingerprint density at radius 3 is 2.37 bits per heavy atom. The number of thiophene rings is 1. The molecule has 0 radical (unpaired) electrons. The van der Waals surface area contributed by atoms with Gasteiger partial charge >= 0.3 is 0 Å². The van der Waals surface area contributed by atoms with Crippen LogP contribution in [0.25, 0.3) is 0 Å². The quantitative estimate of drug-likeness (QED) is 0.431. The van der Waals surface area contributed by atoms with Gasteiger partial charge in [0.25, 0.3) is 0 Å². The maximum absolute atomic E-state index is 13.9. The molecule has 2 aromatic carbocycles. The fourth-order valence-electron chi connectivity index (χ4n) is 4.58. The number of rotatable bonds is 9. The summed E-state index contributed by atoms with van der Waals surface area (Å²) < 4.78 is 10.9. The summed E-state index contributed by atoms with van der Waals surface area (Å²) >= 11 is 1.53. The summed E-state index contributed by atoms with van der Waals surface area (Å²) in [4.78, 5) is 30.2. The van der Waals surface area contributed by atoms with Crippen molar-refractivity contribution in [3.8, 4) is 11.5 Å². The zero-order valence-electron chi connectivity index (χ0n) is 20.5. The van der Waals surface area contributed by atoms with E-state index in [-0.39, 0.29) is 24.3 Å². The molecule has 1 aliphatic rings. The van der Waals surface area contributed by atoms with Crippen molar-refractivity contribution in [2.45, 2.75) is 51.1 Å². The molecular formula is C28H32N2O4S. The highest BCUT2D eigenvalue weighted by molar-refractivity contribution is 7.10. The van der Waals surface area contributed by atoms with E-state index in [1.54, 1.807) is 37.3 Å². The second-order valence-corrected chi connectivity index (χ2v) is 9.89. The maximum atomic E-state index is 13.9. The fraction of sp³-hybridized carbons (Fsp3) is 0.357. The number of ether oxygens (including phenoxy) is 2. The first kappa shape index (κ1) is 24.8. The van der Waals surface area contributed by atoms with Gasteiger partial charge in [-0.2, -0.15) is 0 Å². The SMILES string of the molecule is COc1ccc(N(C(=O)Cc2cccs2)[C@H](C(=O)NC2CCCC2)c2ccc(C)cc2)cc1OC. The fourth-order valence-corrected chi connectivity index (χ4v) is 5.27. The molecular weight excluding hydrogens is 460 g/mol. The minimum Gasteiger partial charge on any atom is -0.493 e. The van der Waals surface area contributed by atoms with E-state index in [2.05, 4.69) is 5.32 Å². The average Bonchev–Trinajstić information content (AvgIpc) is 3.57. The van der Waals surface area contributed by atoms with E-state index in [1.165, 1.54) is 11.3 Å². The Labute approximate surface area is 210 Å². The van der Waals surface area contributed by atoms with E-state index in [0.717, 1.165) is 41.7 Å². The van der Waals surface area contributed by atoms with Crippen molar-refractivity contribution >= 4 is 28.8 Å². The van der Waals surface area contributed by atoms with Gasteiger partial charge in [0.1, 0.15) is 6.04 Å². The Kier molecular flexibility index (Phi) is 8.08. The number of amides is 2. The molecule has 1 aliphatic carbocycles. The lowest BCUT2D eigenvalue weighted by Gasteiger charge is -2.33. The van der Waals surface area contributed by atoms with E-state index >= 15 is 0 Å². The highest BCUT2D eigenvalue weighted by Crippen LogP contribution is 2.36. The molecule has 6 nitrogen and oxygen atoms in total. The Morgan fingerprint density at radius 1 is 1.03 bits per heavy atom. The van der Waals surface area contributed by atoms with Crippen LogP contribution in [0.1, 0.15) is 47.7 Å². The average molecular weight is 493 g/mol. The summed E-state index contributed by atoms with van der Waals surface area (Å²) in [5.74, 6) is 0.726. The Bertz CT molecular complexity index is 1140. The van der Waals surface area contributed by atoms with Crippen molar-refractivity contribution in [3.05, 3.63) is 76.0 Å². The van der Waals surface area contributed by atoms with Gasteiger partial charge in [-0.3, -0.25) is 14.5 Å². The first-order valence-electron chi connectivity index (χ1n) is 11.9. The molecule has 0 spiro atoms. The van der Waals surface area contributed by atoms with Gasteiger partial charge in [-0.15, -0.1) is 11.3 Å². The Hall–Kier alpha value is -3.32. The van der Waals surface area contributed by atoms with Gasteiger partial charge < -0.3 is 14.8 Å². The molecule has 0 saturated heterocycles. The predicted molar refractivity (Wildman–Crippen MR) is 139 cm³/mol. The number of methoxy groups -OCH3 is 2. The number of carbonyl (C=O) groups excluding carboxylic acids is 2. The third kappa shape index (κ3) is 5.85. The van der Waals surface area contributed by atoms with Gasteiger partial charge in [-0.05, 0) is 48.9 Å². The smallest absolute Gasteiger partial charge is 0.248 e. The standard InChI is InChI=1S/C28H32N2O4S/c1-19-10-12-20(13-11-19)27(28(32)29-21-7-4-5-8-21)30(26(31)18-23-9-6-16-35-23)22-14-15-24(33-2)25(17-22)34-3/h6,9-17,21,27H,4-5,7-8,18H2,1-3H3,(H,29,32)/t27-/m0/s1. The number of aryl methyl sites for hydroxylation is 1. The van der Waals surface area contributed by atoms with Crippen LogP contribution < -0.4 is 19.7 Å². The molecule has 184 valence electrons. The topological polar surface area (TPSA) is 67.9 Å². The lowest BCUT2D eigenvalue weighted by molar-refractivity contribution is -0.127. The lowest BCUT2D eigenvalue weighted by Crippen LogP contribution is -2.46.